The number of hydrogen-bond acceptors (Lipinski definition) is 4. The lowest BCUT2D eigenvalue weighted by molar-refractivity contribution is 0.0166. The Morgan fingerprint density at radius 2 is 2.26 bits per heavy atom. The first kappa shape index (κ1) is 12.6. The van der Waals surface area contributed by atoms with Crippen LogP contribution in [0.2, 0.25) is 0 Å². The minimum atomic E-state index is 0.0966. The van der Waals surface area contributed by atoms with Gasteiger partial charge in [-0.15, -0.1) is 11.8 Å². The zero-order valence-corrected chi connectivity index (χ0v) is 11.6. The molecule has 5 heteroatoms. The van der Waals surface area contributed by atoms with Crippen LogP contribution in [-0.2, 0) is 17.0 Å². The van der Waals surface area contributed by atoms with Gasteiger partial charge in [-0.05, 0) is 5.56 Å². The van der Waals surface area contributed by atoms with E-state index in [9.17, 15) is 0 Å². The van der Waals surface area contributed by atoms with Gasteiger partial charge in [0.15, 0.2) is 0 Å². The highest BCUT2D eigenvalue weighted by atomic mass is 32.2. The van der Waals surface area contributed by atoms with E-state index < -0.39 is 0 Å². The van der Waals surface area contributed by atoms with Gasteiger partial charge in [-0.2, -0.15) is 5.10 Å². The summed E-state index contributed by atoms with van der Waals surface area (Å²) < 4.78 is 12.9. The lowest BCUT2D eigenvalue weighted by Crippen LogP contribution is -2.31. The molecule has 0 aliphatic carbocycles. The topological polar surface area (TPSA) is 36.3 Å². The van der Waals surface area contributed by atoms with Crippen molar-refractivity contribution in [3.8, 4) is 5.88 Å². The summed E-state index contributed by atoms with van der Waals surface area (Å²) in [5.74, 6) is 1.80. The van der Waals surface area contributed by atoms with Gasteiger partial charge in [-0.1, -0.05) is 30.3 Å². The summed E-state index contributed by atoms with van der Waals surface area (Å²) in [6.07, 6.45) is 1.97. The van der Waals surface area contributed by atoms with E-state index in [0.717, 1.165) is 23.1 Å². The summed E-state index contributed by atoms with van der Waals surface area (Å²) in [6.45, 7) is 1.36. The molecule has 100 valence electrons. The van der Waals surface area contributed by atoms with Crippen molar-refractivity contribution in [3.05, 3.63) is 42.1 Å². The van der Waals surface area contributed by atoms with E-state index in [0.29, 0.717) is 6.61 Å². The van der Waals surface area contributed by atoms with Crippen LogP contribution < -0.4 is 4.74 Å². The Kier molecular flexibility index (Phi) is 3.75. The number of benzene rings is 1. The zero-order valence-electron chi connectivity index (χ0n) is 10.8. The third-order valence-corrected chi connectivity index (χ3v) is 4.18. The molecule has 1 aliphatic heterocycles. The van der Waals surface area contributed by atoms with Crippen molar-refractivity contribution < 1.29 is 9.47 Å². The molecule has 2 aromatic rings. The van der Waals surface area contributed by atoms with Crippen molar-refractivity contribution in [2.24, 2.45) is 0 Å². The van der Waals surface area contributed by atoms with Gasteiger partial charge in [0, 0.05) is 12.9 Å². The van der Waals surface area contributed by atoms with Crippen LogP contribution in [0.15, 0.2) is 41.4 Å². The molecule has 0 bridgehead atoms. The van der Waals surface area contributed by atoms with Crippen LogP contribution in [0.3, 0.4) is 0 Å². The number of hydrogen-bond donors (Lipinski definition) is 0. The fourth-order valence-corrected chi connectivity index (χ4v) is 2.95. The molecule has 0 saturated carbocycles. The summed E-state index contributed by atoms with van der Waals surface area (Å²) >= 11 is 1.75. The van der Waals surface area contributed by atoms with Crippen molar-refractivity contribution in [2.45, 2.75) is 23.3 Å². The third-order valence-electron chi connectivity index (χ3n) is 3.11. The minimum Gasteiger partial charge on any atom is -0.474 e. The van der Waals surface area contributed by atoms with E-state index >= 15 is 0 Å². The van der Waals surface area contributed by atoms with Gasteiger partial charge in [0.1, 0.15) is 12.7 Å². The van der Waals surface area contributed by atoms with Gasteiger partial charge >= 0.3 is 0 Å². The normalized spacial score (nSPS) is 17.8. The fraction of sp³-hybridized carbons (Fsp3) is 0.357. The van der Waals surface area contributed by atoms with Crippen LogP contribution in [0.25, 0.3) is 0 Å². The third kappa shape index (κ3) is 2.77. The van der Waals surface area contributed by atoms with Crippen LogP contribution in [0.5, 0.6) is 5.88 Å². The molecule has 0 saturated heterocycles. The molecule has 0 amide bonds. The Balaban J connectivity index is 1.68. The molecule has 2 heterocycles. The standard InChI is InChI=1S/C14H16N2O2S/c1-17-12-8-16-14(18-9-12)13(7-15-16)19-10-11-5-3-2-4-6-11/h2-7,12H,8-10H2,1H3/t12-/m1/s1. The summed E-state index contributed by atoms with van der Waals surface area (Å²) in [5, 5.41) is 4.36. The number of rotatable bonds is 4. The maximum atomic E-state index is 5.74. The summed E-state index contributed by atoms with van der Waals surface area (Å²) in [5.41, 5.74) is 1.30. The molecule has 19 heavy (non-hydrogen) atoms. The molecule has 0 spiro atoms. The molecule has 0 N–H and O–H groups in total. The Hall–Kier alpha value is -1.46. The lowest BCUT2D eigenvalue weighted by atomic mass is 10.2. The number of thioether (sulfide) groups is 1. The van der Waals surface area contributed by atoms with Crippen molar-refractivity contribution in [3.63, 3.8) is 0 Å². The summed E-state index contributed by atoms with van der Waals surface area (Å²) in [6, 6.07) is 10.4. The van der Waals surface area contributed by atoms with Crippen LogP contribution in [0.4, 0.5) is 0 Å². The molecule has 4 nitrogen and oxygen atoms in total. The average Bonchev–Trinajstić information content (AvgIpc) is 2.88. The van der Waals surface area contributed by atoms with Gasteiger partial charge in [-0.25, -0.2) is 4.68 Å². The zero-order chi connectivity index (χ0) is 13.1. The molecule has 0 fully saturated rings. The fourth-order valence-electron chi connectivity index (χ4n) is 2.03. The highest BCUT2D eigenvalue weighted by molar-refractivity contribution is 7.98. The SMILES string of the molecule is CO[C@H]1COc2c(SCc3ccccc3)cnn2C1. The van der Waals surface area contributed by atoms with Gasteiger partial charge in [-0.3, -0.25) is 0 Å². The number of nitrogens with zero attached hydrogens (tertiary/aromatic N) is 2. The van der Waals surface area contributed by atoms with E-state index in [2.05, 4.69) is 29.4 Å². The highest BCUT2D eigenvalue weighted by Gasteiger charge is 2.23. The predicted molar refractivity (Wildman–Crippen MR) is 74.5 cm³/mol. The van der Waals surface area contributed by atoms with E-state index in [1.807, 2.05) is 16.9 Å². The first-order valence-electron chi connectivity index (χ1n) is 6.25. The van der Waals surface area contributed by atoms with Crippen molar-refractivity contribution in [1.29, 1.82) is 0 Å². The van der Waals surface area contributed by atoms with Crippen molar-refractivity contribution in [1.82, 2.24) is 9.78 Å². The van der Waals surface area contributed by atoms with Gasteiger partial charge in [0.05, 0.1) is 17.6 Å². The van der Waals surface area contributed by atoms with Crippen LogP contribution in [0.1, 0.15) is 5.56 Å². The van der Waals surface area contributed by atoms with Crippen LogP contribution >= 0.6 is 11.8 Å². The van der Waals surface area contributed by atoms with E-state index in [1.165, 1.54) is 5.56 Å². The predicted octanol–water partition coefficient (Wildman–Crippen LogP) is 2.58. The second kappa shape index (κ2) is 5.67. The number of methoxy groups -OCH3 is 1. The molecule has 1 aromatic heterocycles. The minimum absolute atomic E-state index is 0.0966. The van der Waals surface area contributed by atoms with Gasteiger partial charge in [0.2, 0.25) is 5.88 Å². The highest BCUT2D eigenvalue weighted by Crippen LogP contribution is 2.33. The quantitative estimate of drug-likeness (QED) is 0.804. The Bertz CT molecular complexity index is 542. The van der Waals surface area contributed by atoms with Gasteiger partial charge < -0.3 is 9.47 Å². The second-order valence-corrected chi connectivity index (χ2v) is 5.46. The number of aromatic nitrogens is 2. The smallest absolute Gasteiger partial charge is 0.226 e. The Morgan fingerprint density at radius 1 is 1.42 bits per heavy atom. The molecule has 1 aromatic carbocycles. The van der Waals surface area contributed by atoms with Crippen molar-refractivity contribution in [2.75, 3.05) is 13.7 Å². The molecule has 1 atom stereocenters. The number of fused-ring (bicyclic) bond motifs is 1. The monoisotopic (exact) mass is 276 g/mol. The number of ether oxygens (including phenoxy) is 2. The second-order valence-electron chi connectivity index (χ2n) is 4.44. The van der Waals surface area contributed by atoms with Crippen LogP contribution in [0, 0.1) is 0 Å². The van der Waals surface area contributed by atoms with E-state index in [-0.39, 0.29) is 6.10 Å². The molecule has 0 unspecified atom stereocenters. The largest absolute Gasteiger partial charge is 0.474 e. The van der Waals surface area contributed by atoms with E-state index in [1.54, 1.807) is 18.9 Å². The summed E-state index contributed by atoms with van der Waals surface area (Å²) in [4.78, 5) is 1.10. The first-order valence-corrected chi connectivity index (χ1v) is 7.23. The maximum absolute atomic E-state index is 5.74. The summed E-state index contributed by atoms with van der Waals surface area (Å²) in [7, 11) is 1.70. The Labute approximate surface area is 116 Å². The van der Waals surface area contributed by atoms with Crippen LogP contribution in [-0.4, -0.2) is 29.6 Å². The first-order chi connectivity index (χ1) is 9.36. The van der Waals surface area contributed by atoms with E-state index in [4.69, 9.17) is 9.47 Å². The Morgan fingerprint density at radius 3 is 3.05 bits per heavy atom. The average molecular weight is 276 g/mol. The molecular weight excluding hydrogens is 260 g/mol. The molecule has 1 aliphatic rings. The molecular formula is C14H16N2O2S. The van der Waals surface area contributed by atoms with Crippen molar-refractivity contribution >= 4 is 11.8 Å². The van der Waals surface area contributed by atoms with Gasteiger partial charge in [0.25, 0.3) is 0 Å². The maximum Gasteiger partial charge on any atom is 0.226 e. The molecule has 0 radical (unpaired) electrons. The molecule has 3 rings (SSSR count). The lowest BCUT2D eigenvalue weighted by Gasteiger charge is -2.23.